The van der Waals surface area contributed by atoms with Gasteiger partial charge in [0.2, 0.25) is 0 Å². The minimum absolute atomic E-state index is 0.348. The van der Waals surface area contributed by atoms with Gasteiger partial charge in [-0.3, -0.25) is 0 Å². The average Bonchev–Trinajstić information content (AvgIpc) is 2.27. The first-order chi connectivity index (χ1) is 8.27. The summed E-state index contributed by atoms with van der Waals surface area (Å²) in [5.41, 5.74) is 1.59. The first-order valence-electron chi connectivity index (χ1n) is 5.95. The summed E-state index contributed by atoms with van der Waals surface area (Å²) in [4.78, 5) is 0. The second-order valence-corrected chi connectivity index (χ2v) is 6.97. The number of rotatable bonds is 5. The standard InChI is InChI=1S/C13H20FNO2S/c1-5-15-13(10(3)18(4,16)17)12-8-11(14)7-6-9(12)2/h6-8,10,13,15H,5H2,1-4H3. The third kappa shape index (κ3) is 3.53. The van der Waals surface area contributed by atoms with E-state index >= 15 is 0 Å². The molecule has 0 heterocycles. The molecule has 18 heavy (non-hydrogen) atoms. The van der Waals surface area contributed by atoms with E-state index in [1.165, 1.54) is 18.4 Å². The zero-order valence-corrected chi connectivity index (χ0v) is 12.0. The number of hydrogen-bond donors (Lipinski definition) is 1. The third-order valence-corrected chi connectivity index (χ3v) is 4.77. The Morgan fingerprint density at radius 1 is 1.39 bits per heavy atom. The normalized spacial score (nSPS) is 15.4. The van der Waals surface area contributed by atoms with Gasteiger partial charge in [0.05, 0.1) is 5.25 Å². The highest BCUT2D eigenvalue weighted by atomic mass is 32.2. The van der Waals surface area contributed by atoms with Crippen LogP contribution in [0.4, 0.5) is 4.39 Å². The predicted molar refractivity (Wildman–Crippen MR) is 71.9 cm³/mol. The molecule has 2 unspecified atom stereocenters. The van der Waals surface area contributed by atoms with Crippen LogP contribution in [0.25, 0.3) is 0 Å². The van der Waals surface area contributed by atoms with Crippen LogP contribution in [-0.2, 0) is 9.84 Å². The average molecular weight is 273 g/mol. The lowest BCUT2D eigenvalue weighted by atomic mass is 9.99. The fraction of sp³-hybridized carbons (Fsp3) is 0.538. The van der Waals surface area contributed by atoms with Crippen molar-refractivity contribution in [1.29, 1.82) is 0 Å². The van der Waals surface area contributed by atoms with Crippen LogP contribution in [0.3, 0.4) is 0 Å². The molecule has 2 atom stereocenters. The van der Waals surface area contributed by atoms with Gasteiger partial charge >= 0.3 is 0 Å². The molecule has 1 aromatic rings. The largest absolute Gasteiger partial charge is 0.309 e. The Bertz CT molecular complexity index is 514. The summed E-state index contributed by atoms with van der Waals surface area (Å²) in [5.74, 6) is -0.348. The summed E-state index contributed by atoms with van der Waals surface area (Å²) in [5, 5.41) is 2.53. The molecule has 0 amide bonds. The van der Waals surface area contributed by atoms with E-state index in [2.05, 4.69) is 5.32 Å². The smallest absolute Gasteiger partial charge is 0.151 e. The Morgan fingerprint density at radius 2 is 2.00 bits per heavy atom. The number of hydrogen-bond acceptors (Lipinski definition) is 3. The molecule has 0 aromatic heterocycles. The minimum atomic E-state index is -3.19. The van der Waals surface area contributed by atoms with E-state index in [9.17, 15) is 12.8 Å². The molecule has 0 bridgehead atoms. The van der Waals surface area contributed by atoms with Crippen molar-refractivity contribution in [3.8, 4) is 0 Å². The first-order valence-corrected chi connectivity index (χ1v) is 7.91. The molecule has 1 N–H and O–H groups in total. The third-order valence-electron chi connectivity index (χ3n) is 3.15. The van der Waals surface area contributed by atoms with Crippen molar-refractivity contribution in [2.75, 3.05) is 12.8 Å². The molecule has 0 aliphatic carbocycles. The highest BCUT2D eigenvalue weighted by Gasteiger charge is 2.27. The molecular weight excluding hydrogens is 253 g/mol. The van der Waals surface area contributed by atoms with Crippen LogP contribution in [0.5, 0.6) is 0 Å². The fourth-order valence-electron chi connectivity index (χ4n) is 1.94. The van der Waals surface area contributed by atoms with E-state index in [1.54, 1.807) is 13.0 Å². The topological polar surface area (TPSA) is 46.2 Å². The molecule has 102 valence electrons. The summed E-state index contributed by atoms with van der Waals surface area (Å²) >= 11 is 0. The van der Waals surface area contributed by atoms with Crippen LogP contribution in [0.1, 0.15) is 31.0 Å². The van der Waals surface area contributed by atoms with Gasteiger partial charge in [-0.15, -0.1) is 0 Å². The monoisotopic (exact) mass is 273 g/mol. The second-order valence-electron chi connectivity index (χ2n) is 4.57. The lowest BCUT2D eigenvalue weighted by Crippen LogP contribution is -2.35. The highest BCUT2D eigenvalue weighted by molar-refractivity contribution is 7.91. The summed E-state index contributed by atoms with van der Waals surface area (Å²) in [6.07, 6.45) is 1.20. The van der Waals surface area contributed by atoms with E-state index < -0.39 is 15.1 Å². The highest BCUT2D eigenvalue weighted by Crippen LogP contribution is 2.25. The van der Waals surface area contributed by atoms with Crippen molar-refractivity contribution in [3.63, 3.8) is 0 Å². The van der Waals surface area contributed by atoms with Gasteiger partial charge < -0.3 is 5.32 Å². The van der Waals surface area contributed by atoms with Crippen LogP contribution < -0.4 is 5.32 Å². The minimum Gasteiger partial charge on any atom is -0.309 e. The Balaban J connectivity index is 3.23. The number of halogens is 1. The second kappa shape index (κ2) is 5.80. The number of sulfone groups is 1. The summed E-state index contributed by atoms with van der Waals surface area (Å²) in [7, 11) is -3.19. The van der Waals surface area contributed by atoms with Crippen molar-refractivity contribution in [2.24, 2.45) is 0 Å². The Morgan fingerprint density at radius 3 is 2.50 bits per heavy atom. The SMILES string of the molecule is CCNC(c1cc(F)ccc1C)C(C)S(C)(=O)=O. The maximum atomic E-state index is 13.3. The van der Waals surface area contributed by atoms with Gasteiger partial charge in [-0.1, -0.05) is 13.0 Å². The van der Waals surface area contributed by atoms with Gasteiger partial charge in [-0.25, -0.2) is 12.8 Å². The number of nitrogens with one attached hydrogen (secondary N) is 1. The molecule has 0 spiro atoms. The van der Waals surface area contributed by atoms with Gasteiger partial charge in [0.1, 0.15) is 5.82 Å². The van der Waals surface area contributed by atoms with E-state index in [1.807, 2.05) is 13.8 Å². The Kier molecular flexibility index (Phi) is 4.87. The van der Waals surface area contributed by atoms with E-state index in [0.717, 1.165) is 5.56 Å². The van der Waals surface area contributed by atoms with Crippen LogP contribution in [0, 0.1) is 12.7 Å². The van der Waals surface area contributed by atoms with Crippen molar-refractivity contribution in [1.82, 2.24) is 5.32 Å². The molecule has 0 saturated carbocycles. The van der Waals surface area contributed by atoms with Crippen molar-refractivity contribution >= 4 is 9.84 Å². The molecule has 0 radical (unpaired) electrons. The molecule has 5 heteroatoms. The molecular formula is C13H20FNO2S. The van der Waals surface area contributed by atoms with Crippen LogP contribution in [0.15, 0.2) is 18.2 Å². The van der Waals surface area contributed by atoms with E-state index in [-0.39, 0.29) is 11.9 Å². The first kappa shape index (κ1) is 15.1. The van der Waals surface area contributed by atoms with Gasteiger partial charge in [0.15, 0.2) is 9.84 Å². The van der Waals surface area contributed by atoms with Crippen LogP contribution in [0.2, 0.25) is 0 Å². The Labute approximate surface area is 108 Å². The molecule has 3 nitrogen and oxygen atoms in total. The summed E-state index contributed by atoms with van der Waals surface area (Å²) < 4.78 is 36.7. The zero-order valence-electron chi connectivity index (χ0n) is 11.2. The van der Waals surface area contributed by atoms with Crippen molar-refractivity contribution in [2.45, 2.75) is 32.1 Å². The maximum absolute atomic E-state index is 13.3. The summed E-state index contributed by atoms with van der Waals surface area (Å²) in [6, 6.07) is 4.07. The lowest BCUT2D eigenvalue weighted by Gasteiger charge is -2.25. The van der Waals surface area contributed by atoms with Gasteiger partial charge in [0, 0.05) is 12.3 Å². The van der Waals surface area contributed by atoms with Crippen LogP contribution >= 0.6 is 0 Å². The predicted octanol–water partition coefficient (Wildman–Crippen LogP) is 2.22. The van der Waals surface area contributed by atoms with Crippen molar-refractivity contribution in [3.05, 3.63) is 35.1 Å². The molecule has 1 aromatic carbocycles. The number of benzene rings is 1. The Hall–Kier alpha value is -0.940. The molecule has 0 saturated heterocycles. The van der Waals surface area contributed by atoms with E-state index in [4.69, 9.17) is 0 Å². The zero-order chi connectivity index (χ0) is 13.9. The van der Waals surface area contributed by atoms with Gasteiger partial charge in [-0.05, 0) is 43.7 Å². The van der Waals surface area contributed by atoms with Gasteiger partial charge in [-0.2, -0.15) is 0 Å². The maximum Gasteiger partial charge on any atom is 0.151 e. The molecule has 1 rings (SSSR count). The van der Waals surface area contributed by atoms with Gasteiger partial charge in [0.25, 0.3) is 0 Å². The molecule has 0 aliphatic rings. The van der Waals surface area contributed by atoms with E-state index in [0.29, 0.717) is 12.1 Å². The lowest BCUT2D eigenvalue weighted by molar-refractivity contribution is 0.508. The quantitative estimate of drug-likeness (QED) is 0.894. The fourth-order valence-corrected chi connectivity index (χ4v) is 2.68. The molecule has 0 fully saturated rings. The van der Waals surface area contributed by atoms with Crippen LogP contribution in [-0.4, -0.2) is 26.5 Å². The number of aryl methyl sites for hydroxylation is 1. The summed E-state index contributed by atoms with van der Waals surface area (Å²) in [6.45, 7) is 6.03. The van der Waals surface area contributed by atoms with Crippen molar-refractivity contribution < 1.29 is 12.8 Å². The molecule has 0 aliphatic heterocycles.